The van der Waals surface area contributed by atoms with Crippen LogP contribution in [-0.2, 0) is 131 Å². The number of rotatable bonds is 9. The number of methoxy groups -OCH3 is 3. The van der Waals surface area contributed by atoms with Crippen molar-refractivity contribution < 1.29 is 159 Å². The van der Waals surface area contributed by atoms with E-state index in [4.69, 9.17) is 52.6 Å². The zero-order chi connectivity index (χ0) is 97.5. The van der Waals surface area contributed by atoms with Gasteiger partial charge in [-0.3, -0.25) is 28.8 Å². The van der Waals surface area contributed by atoms with Gasteiger partial charge in [0.25, 0.3) is 11.8 Å². The number of halogens is 4. The number of nitrogens with zero attached hydrogens (tertiary/aromatic N) is 9. The molecule has 2 unspecified atom stereocenters. The Bertz CT molecular complexity index is 5390. The van der Waals surface area contributed by atoms with E-state index < -0.39 is 125 Å². The molecule has 3 amide bonds. The second kappa shape index (κ2) is 45.4. The third-order valence-corrected chi connectivity index (χ3v) is 34.4. The van der Waals surface area contributed by atoms with Crippen LogP contribution in [0.1, 0.15) is 290 Å². The Morgan fingerprint density at radius 3 is 1.18 bits per heavy atom. The van der Waals surface area contributed by atoms with E-state index in [1.165, 1.54) is 24.0 Å². The number of fused-ring (bicyclic) bond motifs is 17. The Labute approximate surface area is 860 Å². The molecule has 13 aliphatic rings. The number of alkyl halides is 4. The Kier molecular flexibility index (Phi) is 34.9. The van der Waals surface area contributed by atoms with Crippen LogP contribution in [0.15, 0.2) is 54.6 Å². The Morgan fingerprint density at radius 2 is 0.738 bits per heavy atom. The molecule has 34 heteroatoms. The van der Waals surface area contributed by atoms with Gasteiger partial charge in [-0.15, -0.1) is 0 Å². The molecule has 20 atom stereocenters. The average molecular weight is 2070 g/mol. The van der Waals surface area contributed by atoms with Crippen molar-refractivity contribution in [3.8, 4) is 34.9 Å². The van der Waals surface area contributed by atoms with Crippen molar-refractivity contribution in [2.75, 3.05) is 41.0 Å². The van der Waals surface area contributed by atoms with Gasteiger partial charge in [0.05, 0.1) is 111 Å². The monoisotopic (exact) mass is 2060 g/mol. The third kappa shape index (κ3) is 23.4. The normalized spacial score (nSPS) is 32.5. The number of benzene rings is 3. The number of aromatic nitrogens is 6. The molecule has 19 rings (SSSR count). The van der Waals surface area contributed by atoms with Gasteiger partial charge in [0.2, 0.25) is 35.4 Å². The molecule has 3 saturated heterocycles. The van der Waals surface area contributed by atoms with Crippen molar-refractivity contribution in [1.29, 1.82) is 0 Å². The molecule has 141 heavy (non-hydrogen) atoms. The minimum Gasteiger partial charge on any atom is -0.540 e. The number of amides is 3. The van der Waals surface area contributed by atoms with Crippen LogP contribution in [0.25, 0.3) is 33.1 Å². The molecule has 6 aromatic rings. The summed E-state index contributed by atoms with van der Waals surface area (Å²) in [5.74, 6) is -9.00. The van der Waals surface area contributed by atoms with Gasteiger partial charge in [0, 0.05) is 86.7 Å². The van der Waals surface area contributed by atoms with E-state index in [9.17, 15) is 43.2 Å². The Morgan fingerprint density at radius 1 is 0.369 bits per heavy atom. The number of esters is 3. The second-order valence-corrected chi connectivity index (χ2v) is 43.5. The molecule has 7 aliphatic carbocycles. The molecular weight excluding hydrogens is 1930 g/mol. The summed E-state index contributed by atoms with van der Waals surface area (Å²) >= 11 is 0. The fourth-order valence-corrected chi connectivity index (χ4v) is 25.4. The predicted octanol–water partition coefficient (Wildman–Crippen LogP) is 18.6. The summed E-state index contributed by atoms with van der Waals surface area (Å²) in [6, 6.07) is 12.6. The summed E-state index contributed by atoms with van der Waals surface area (Å²) < 4.78 is 118. The summed E-state index contributed by atoms with van der Waals surface area (Å²) in [4.78, 5) is 153. The molecule has 7 saturated carbocycles. The molecule has 6 bridgehead atoms. The molecule has 10 fully saturated rings. The second-order valence-electron chi connectivity index (χ2n) is 43.5. The maximum absolute atomic E-state index is 16.1. The quantitative estimate of drug-likeness (QED) is 0.0562. The van der Waals surface area contributed by atoms with Gasteiger partial charge >= 0.3 is 17.9 Å². The summed E-state index contributed by atoms with van der Waals surface area (Å²) in [6.45, 7) is 13.8. The van der Waals surface area contributed by atoms with E-state index in [1.54, 1.807) is 62.3 Å². The zero-order valence-electron chi connectivity index (χ0n) is 83.0. The van der Waals surface area contributed by atoms with E-state index in [2.05, 4.69) is 47.0 Å². The van der Waals surface area contributed by atoms with E-state index in [1.807, 2.05) is 44.6 Å². The fourth-order valence-electron chi connectivity index (χ4n) is 25.4. The van der Waals surface area contributed by atoms with Crippen molar-refractivity contribution in [2.24, 2.45) is 81.3 Å². The molecule has 9 heterocycles. The third-order valence-electron chi connectivity index (χ3n) is 34.4. The summed E-state index contributed by atoms with van der Waals surface area (Å²) in [6.07, 6.45) is 28.6. The number of ether oxygens (including phenoxy) is 9. The molecule has 3 aromatic carbocycles. The van der Waals surface area contributed by atoms with E-state index in [0.29, 0.717) is 96.0 Å². The minimum absolute atomic E-state index is 0. The first-order valence-corrected chi connectivity index (χ1v) is 51.2. The molecular formula is C107H136F4N9O18V3-3. The van der Waals surface area contributed by atoms with Crippen molar-refractivity contribution in [3.05, 3.63) is 71.7 Å². The van der Waals surface area contributed by atoms with Gasteiger partial charge in [-0.05, 0) is 229 Å². The molecule has 0 spiro atoms. The van der Waals surface area contributed by atoms with Gasteiger partial charge in [-0.2, -0.15) is 17.6 Å². The van der Waals surface area contributed by atoms with Crippen molar-refractivity contribution >= 4 is 87.6 Å². The number of carbonyl (C=O) groups excluding carboxylic acids is 9. The van der Waals surface area contributed by atoms with Crippen LogP contribution in [0.5, 0.6) is 34.9 Å². The van der Waals surface area contributed by atoms with E-state index >= 15 is 17.6 Å². The van der Waals surface area contributed by atoms with Gasteiger partial charge in [-0.1, -0.05) is 137 Å². The van der Waals surface area contributed by atoms with Crippen LogP contribution in [0.2, 0.25) is 0 Å². The first kappa shape index (κ1) is 109. The largest absolute Gasteiger partial charge is 0.540 e. The van der Waals surface area contributed by atoms with Crippen molar-refractivity contribution in [2.45, 2.75) is 346 Å². The van der Waals surface area contributed by atoms with E-state index in [-0.39, 0.29) is 195 Å². The maximum atomic E-state index is 16.1. The Hall–Kier alpha value is -8.22. The van der Waals surface area contributed by atoms with Gasteiger partial charge < -0.3 is 71.7 Å². The smallest absolute Gasteiger partial charge is 0.307 e. The van der Waals surface area contributed by atoms with Gasteiger partial charge in [0.1, 0.15) is 59.1 Å². The van der Waals surface area contributed by atoms with Crippen LogP contribution >= 0.6 is 0 Å². The topological polar surface area (TPSA) is 324 Å². The molecule has 763 valence electrons. The first-order chi connectivity index (χ1) is 66.2. The van der Waals surface area contributed by atoms with Crippen molar-refractivity contribution in [3.63, 3.8) is 0 Å². The molecule has 3 radical (unpaired) electrons. The number of carbonyl (C=O) groups is 6. The first-order valence-electron chi connectivity index (χ1n) is 51.2. The van der Waals surface area contributed by atoms with Crippen LogP contribution < -0.4 is 28.4 Å². The number of aryl methyl sites for hydroxylation is 1. The Balaban J connectivity index is 0.000000167. The van der Waals surface area contributed by atoms with Crippen molar-refractivity contribution in [1.82, 2.24) is 44.6 Å². The standard InChI is InChI=1S/C37H46F2N3O6.C37H48F2N3O6.C33H42N3O6.3V/c1-21-29(20-43)42-19-31(21)48-34-33(40-27-11-10-23(46-3)17-28(27)41-34)37(38,39)14-8-5-9-24-25-15-22(25)16-30(24)47-32(44)18-26(35(42)45)36(2)12-6-4-7-13-36;1-23-29(22-43)42-21-30(23)47-33-32(40-27-14-13-25(46-4)19-28(27)41-33)37(38,39)18-9-6-11-24-12-10-17-36(24,3)48-31(44)20-26(34(42)45)35(2)15-7-5-8-16-35;1-20-27(19-37)36-18-29(20)42-31-25(34-24-12-11-22(40-3)16-26(24)35-31)10-6-4-5-9-21-15-28(21)41-30(38)17-23(32(36)39)33(2)13-7-8-14-33;;;/h10-11,17,21-22,24-26,29-31H,4-9,12-16,18-19H2,1-3H3;13-14,19,23-24,26,29-30H,5-12,15-18,20-21H2,1-4H3;11-12,16,20-21,23,27-29H,4-10,13-15,17-18H2,1-3H3;;;/q3*-1;;;/t21-,22?,24+,25?,26+,29+,30+,31-;23-,24+,26+,29+,30-,36+;20-,21+,23+,27+,28+,29-;;;/m000.../s1. The average Bonchev–Trinajstić information content (AvgIpc) is 1.59. The molecule has 6 aliphatic heterocycles. The maximum Gasteiger partial charge on any atom is 0.307 e. The predicted molar refractivity (Wildman–Crippen MR) is 502 cm³/mol. The van der Waals surface area contributed by atoms with Crippen LogP contribution in [0, 0.1) is 81.3 Å². The molecule has 27 nitrogen and oxygen atoms in total. The van der Waals surface area contributed by atoms with Crippen LogP contribution in [0.3, 0.4) is 0 Å². The summed E-state index contributed by atoms with van der Waals surface area (Å²) in [5.41, 5.74) is 0.402. The summed E-state index contributed by atoms with van der Waals surface area (Å²) in [5, 5.41) is 0. The minimum atomic E-state index is -3.36. The molecule has 0 N–H and O–H groups in total. The fraction of sp³-hybridized carbons (Fsp3) is 0.692. The van der Waals surface area contributed by atoms with E-state index in [0.717, 1.165) is 159 Å². The zero-order valence-corrected chi connectivity index (χ0v) is 87.2. The molecule has 3 aromatic heterocycles. The SMILES string of the molecule is COc1ccc2nc3c(nc2c1)O[C@H]1CN(C(=O)[C@H](C2(C)CCCC2)CC(=O)O[C@@H]2C[C@H]2CCCCC3)[C@H]([C-]=O)[C@@H]1C.COc1ccc2nc3c(nc2c1)O[C@H]1CN(C(=O)[C@H](C2(C)CCCCC2)CC(=O)O[C@@H]2CC4CC4[C@H]2CCCCC3(F)F)[C@H]([C-]=O)[C@@H]1C.COc1ccc2nc3c(nc2c1)O[C@H]1CN(C(=O)[C@H](C2(C)CCCCC2)CC(=O)O[C@]2(C)CCC[C@H]2CCCCC3(F)F)[C@H]([C-]=O)[C@@H]1C.[V].[V].[V]. The van der Waals surface area contributed by atoms with Gasteiger partial charge in [-0.25, -0.2) is 48.8 Å². The number of hydrogen-bond donors (Lipinski definition) is 0. The number of hydrogen-bond acceptors (Lipinski definition) is 24. The van der Waals surface area contributed by atoms with Crippen LogP contribution in [-0.4, -0.2) is 194 Å². The van der Waals surface area contributed by atoms with Gasteiger partial charge in [0.15, 0.2) is 11.4 Å². The van der Waals surface area contributed by atoms with Crippen LogP contribution in [0.4, 0.5) is 17.6 Å². The summed E-state index contributed by atoms with van der Waals surface area (Å²) in [7, 11) is 4.63.